The van der Waals surface area contributed by atoms with Gasteiger partial charge in [0.2, 0.25) is 0 Å². The van der Waals surface area contributed by atoms with E-state index in [4.69, 9.17) is 21.4 Å². The molecule has 0 aromatic carbocycles. The van der Waals surface area contributed by atoms with E-state index in [1.54, 1.807) is 12.1 Å². The maximum Gasteiger partial charge on any atom is 0.305 e. The molecule has 1 atom stereocenters. The van der Waals surface area contributed by atoms with Gasteiger partial charge in [-0.3, -0.25) is 15.6 Å². The first-order valence-electron chi connectivity index (χ1n) is 5.75. The molecule has 98 valence electrons. The Morgan fingerprint density at radius 3 is 3.06 bits per heavy atom. The molecular weight excluding hydrogens is 254 g/mol. The zero-order chi connectivity index (χ0) is 12.8. The Morgan fingerprint density at radius 2 is 2.39 bits per heavy atom. The molecule has 1 fully saturated rings. The Labute approximate surface area is 110 Å². The SMILES string of the molecule is O=C(NNC(=S)NCC1CCCO1)c1ccco1. The molecule has 1 aliphatic rings. The molecule has 1 unspecified atom stereocenters. The smallest absolute Gasteiger partial charge is 0.305 e. The molecule has 6 nitrogen and oxygen atoms in total. The van der Waals surface area contributed by atoms with Crippen molar-refractivity contribution < 1.29 is 13.9 Å². The van der Waals surface area contributed by atoms with Crippen molar-refractivity contribution in [3.8, 4) is 0 Å². The van der Waals surface area contributed by atoms with Gasteiger partial charge in [-0.15, -0.1) is 0 Å². The summed E-state index contributed by atoms with van der Waals surface area (Å²) in [5, 5.41) is 3.33. The molecule has 2 heterocycles. The summed E-state index contributed by atoms with van der Waals surface area (Å²) in [5.41, 5.74) is 5.03. The predicted molar refractivity (Wildman–Crippen MR) is 68.9 cm³/mol. The van der Waals surface area contributed by atoms with Crippen molar-refractivity contribution in [1.82, 2.24) is 16.2 Å². The maximum absolute atomic E-state index is 11.5. The molecule has 0 radical (unpaired) electrons. The summed E-state index contributed by atoms with van der Waals surface area (Å²) < 4.78 is 10.4. The highest BCUT2D eigenvalue weighted by atomic mass is 32.1. The third-order valence-electron chi connectivity index (χ3n) is 2.55. The lowest BCUT2D eigenvalue weighted by atomic mass is 10.2. The quantitative estimate of drug-likeness (QED) is 0.550. The van der Waals surface area contributed by atoms with Crippen LogP contribution in [0.4, 0.5) is 0 Å². The van der Waals surface area contributed by atoms with E-state index in [2.05, 4.69) is 16.2 Å². The summed E-state index contributed by atoms with van der Waals surface area (Å²) in [4.78, 5) is 11.5. The first kappa shape index (κ1) is 12.8. The number of nitrogens with one attached hydrogen (secondary N) is 3. The van der Waals surface area contributed by atoms with Gasteiger partial charge in [0.25, 0.3) is 0 Å². The largest absolute Gasteiger partial charge is 0.459 e. The number of thiocarbonyl (C=S) groups is 1. The highest BCUT2D eigenvalue weighted by molar-refractivity contribution is 7.80. The second-order valence-electron chi connectivity index (χ2n) is 3.90. The van der Waals surface area contributed by atoms with Gasteiger partial charge in [0.05, 0.1) is 12.4 Å². The Bertz CT molecular complexity index is 402. The molecule has 0 saturated carbocycles. The van der Waals surface area contributed by atoms with Gasteiger partial charge in [0.1, 0.15) is 0 Å². The minimum Gasteiger partial charge on any atom is -0.459 e. The zero-order valence-electron chi connectivity index (χ0n) is 9.77. The van der Waals surface area contributed by atoms with E-state index >= 15 is 0 Å². The van der Waals surface area contributed by atoms with Crippen LogP contribution in [-0.2, 0) is 4.74 Å². The van der Waals surface area contributed by atoms with Crippen molar-refractivity contribution in [3.63, 3.8) is 0 Å². The molecular formula is C11H15N3O3S. The third kappa shape index (κ3) is 3.71. The van der Waals surface area contributed by atoms with E-state index in [0.29, 0.717) is 11.7 Å². The van der Waals surface area contributed by atoms with Crippen LogP contribution in [0.25, 0.3) is 0 Å². The lowest BCUT2D eigenvalue weighted by Gasteiger charge is -2.13. The summed E-state index contributed by atoms with van der Waals surface area (Å²) in [5.74, 6) is -0.148. The molecule has 1 aromatic rings. The van der Waals surface area contributed by atoms with E-state index in [-0.39, 0.29) is 17.8 Å². The standard InChI is InChI=1S/C11H15N3O3S/c15-10(9-4-2-6-17-9)13-14-11(18)12-7-8-3-1-5-16-8/h2,4,6,8H,1,3,5,7H2,(H,13,15)(H2,12,14,18). The summed E-state index contributed by atoms with van der Waals surface area (Å²) in [7, 11) is 0. The van der Waals surface area contributed by atoms with Gasteiger partial charge in [-0.1, -0.05) is 0 Å². The highest BCUT2D eigenvalue weighted by Gasteiger charge is 2.15. The Morgan fingerprint density at radius 1 is 1.50 bits per heavy atom. The van der Waals surface area contributed by atoms with E-state index in [1.807, 2.05) is 0 Å². The van der Waals surface area contributed by atoms with Gasteiger partial charge < -0.3 is 14.5 Å². The molecule has 1 aromatic heterocycles. The molecule has 7 heteroatoms. The second kappa shape index (κ2) is 6.36. The van der Waals surface area contributed by atoms with E-state index in [0.717, 1.165) is 19.4 Å². The van der Waals surface area contributed by atoms with Crippen LogP contribution in [0.1, 0.15) is 23.4 Å². The van der Waals surface area contributed by atoms with Gasteiger partial charge in [-0.05, 0) is 37.2 Å². The number of hydrogen-bond donors (Lipinski definition) is 3. The topological polar surface area (TPSA) is 75.5 Å². The van der Waals surface area contributed by atoms with Crippen molar-refractivity contribution in [3.05, 3.63) is 24.2 Å². The van der Waals surface area contributed by atoms with Gasteiger partial charge in [-0.25, -0.2) is 0 Å². The molecule has 1 aliphatic heterocycles. The summed E-state index contributed by atoms with van der Waals surface area (Å²) >= 11 is 5.01. The van der Waals surface area contributed by atoms with Crippen LogP contribution in [0, 0.1) is 0 Å². The Hall–Kier alpha value is -1.60. The van der Waals surface area contributed by atoms with E-state index in [1.165, 1.54) is 6.26 Å². The minimum atomic E-state index is -0.374. The number of hydrazine groups is 1. The Balaban J connectivity index is 1.63. The first-order chi connectivity index (χ1) is 8.75. The number of ether oxygens (including phenoxy) is 1. The fraction of sp³-hybridized carbons (Fsp3) is 0.455. The monoisotopic (exact) mass is 269 g/mol. The van der Waals surface area contributed by atoms with Gasteiger partial charge in [0.15, 0.2) is 10.9 Å². The number of amides is 1. The fourth-order valence-electron chi connectivity index (χ4n) is 1.64. The van der Waals surface area contributed by atoms with Crippen molar-refractivity contribution in [2.45, 2.75) is 18.9 Å². The van der Waals surface area contributed by atoms with Gasteiger partial charge in [-0.2, -0.15) is 0 Å². The molecule has 2 rings (SSSR count). The van der Waals surface area contributed by atoms with Crippen molar-refractivity contribution in [2.24, 2.45) is 0 Å². The number of carbonyl (C=O) groups excluding carboxylic acids is 1. The maximum atomic E-state index is 11.5. The normalized spacial score (nSPS) is 18.3. The van der Waals surface area contributed by atoms with Gasteiger partial charge in [0, 0.05) is 13.2 Å². The molecule has 3 N–H and O–H groups in total. The van der Waals surface area contributed by atoms with Crippen LogP contribution in [0.5, 0.6) is 0 Å². The van der Waals surface area contributed by atoms with Crippen molar-refractivity contribution in [2.75, 3.05) is 13.2 Å². The summed E-state index contributed by atoms with van der Waals surface area (Å²) in [6.07, 6.45) is 3.75. The lowest BCUT2D eigenvalue weighted by molar-refractivity contribution is 0.0915. The summed E-state index contributed by atoms with van der Waals surface area (Å²) in [6.45, 7) is 1.45. The molecule has 1 amide bonds. The minimum absolute atomic E-state index is 0.200. The number of furan rings is 1. The van der Waals surface area contributed by atoms with Crippen LogP contribution < -0.4 is 16.2 Å². The fourth-order valence-corrected chi connectivity index (χ4v) is 1.77. The van der Waals surface area contributed by atoms with Crippen LogP contribution >= 0.6 is 12.2 Å². The van der Waals surface area contributed by atoms with Crippen LogP contribution in [-0.4, -0.2) is 30.3 Å². The second-order valence-corrected chi connectivity index (χ2v) is 4.31. The number of hydrogen-bond acceptors (Lipinski definition) is 4. The van der Waals surface area contributed by atoms with Crippen LogP contribution in [0.3, 0.4) is 0 Å². The summed E-state index contributed by atoms with van der Waals surface area (Å²) in [6, 6.07) is 3.21. The number of carbonyl (C=O) groups is 1. The average Bonchev–Trinajstić information content (AvgIpc) is 3.05. The average molecular weight is 269 g/mol. The molecule has 0 bridgehead atoms. The molecule has 0 spiro atoms. The van der Waals surface area contributed by atoms with Crippen LogP contribution in [0.2, 0.25) is 0 Å². The zero-order valence-corrected chi connectivity index (χ0v) is 10.6. The first-order valence-corrected chi connectivity index (χ1v) is 6.16. The molecule has 18 heavy (non-hydrogen) atoms. The van der Waals surface area contributed by atoms with Gasteiger partial charge >= 0.3 is 5.91 Å². The lowest BCUT2D eigenvalue weighted by Crippen LogP contribution is -2.48. The van der Waals surface area contributed by atoms with E-state index < -0.39 is 0 Å². The van der Waals surface area contributed by atoms with E-state index in [9.17, 15) is 4.79 Å². The third-order valence-corrected chi connectivity index (χ3v) is 2.80. The Kier molecular flexibility index (Phi) is 4.54. The predicted octanol–water partition coefficient (Wildman–Crippen LogP) is 0.567. The van der Waals surface area contributed by atoms with Crippen LogP contribution in [0.15, 0.2) is 22.8 Å². The molecule has 0 aliphatic carbocycles. The number of rotatable bonds is 3. The molecule has 1 saturated heterocycles. The van der Waals surface area contributed by atoms with Crippen molar-refractivity contribution in [1.29, 1.82) is 0 Å². The highest BCUT2D eigenvalue weighted by Crippen LogP contribution is 2.10. The van der Waals surface area contributed by atoms with Crippen molar-refractivity contribution >= 4 is 23.2 Å².